The highest BCUT2D eigenvalue weighted by atomic mass is 31.0. The highest BCUT2D eigenvalue weighted by Gasteiger charge is 1.69. The normalized spacial score (nSPS) is 12.1. The fraction of sp³-hybridized carbons (Fsp3) is 0.500. The van der Waals surface area contributed by atoms with E-state index in [4.69, 9.17) is 0 Å². The van der Waals surface area contributed by atoms with Crippen molar-refractivity contribution in [2.75, 3.05) is 6.16 Å². The fourth-order valence-corrected chi connectivity index (χ4v) is 0.709. The zero-order valence-corrected chi connectivity index (χ0v) is 7.55. The van der Waals surface area contributed by atoms with Crippen molar-refractivity contribution >= 4 is 9.24 Å². The van der Waals surface area contributed by atoms with Gasteiger partial charge in [-0.3, -0.25) is 0 Å². The second-order valence-electron chi connectivity index (χ2n) is 1.93. The molecule has 0 aliphatic heterocycles. The summed E-state index contributed by atoms with van der Waals surface area (Å²) < 4.78 is 0. The van der Waals surface area contributed by atoms with Gasteiger partial charge >= 0.3 is 0 Å². The van der Waals surface area contributed by atoms with Crippen LogP contribution in [0.25, 0.3) is 0 Å². The van der Waals surface area contributed by atoms with Crippen LogP contribution in [-0.2, 0) is 0 Å². The molecule has 0 aliphatic rings. The Kier molecular flexibility index (Phi) is 7.83. The minimum Gasteiger partial charge on any atom is -0.0846 e. The Bertz CT molecular complexity index is 92.7. The topological polar surface area (TPSA) is 0 Å². The van der Waals surface area contributed by atoms with Crippen LogP contribution in [0.3, 0.4) is 0 Å². The molecule has 1 atom stereocenters. The minimum absolute atomic E-state index is 1.16. The van der Waals surface area contributed by atoms with Gasteiger partial charge in [-0.05, 0) is 21.7 Å². The lowest BCUT2D eigenvalue weighted by Crippen LogP contribution is -1.59. The largest absolute Gasteiger partial charge is 0.0846 e. The molecule has 0 rings (SSSR count). The Morgan fingerprint density at radius 2 is 1.89 bits per heavy atom. The summed E-state index contributed by atoms with van der Waals surface area (Å²) in [6, 6.07) is 0. The Labute approximate surface area is 60.2 Å². The number of allylic oxidation sites excluding steroid dienone is 4. The molecule has 0 aromatic heterocycles. The fourth-order valence-electron chi connectivity index (χ4n) is 0.516. The molecule has 1 unspecified atom stereocenters. The summed E-state index contributed by atoms with van der Waals surface area (Å²) >= 11 is 0. The monoisotopic (exact) mass is 143 g/mol. The van der Waals surface area contributed by atoms with Gasteiger partial charge in [0.2, 0.25) is 0 Å². The van der Waals surface area contributed by atoms with Gasteiger partial charge < -0.3 is 0 Å². The van der Waals surface area contributed by atoms with Crippen molar-refractivity contribution in [3.05, 3.63) is 24.3 Å². The molecule has 0 saturated heterocycles. The van der Waals surface area contributed by atoms with E-state index in [9.17, 15) is 0 Å². The van der Waals surface area contributed by atoms with Gasteiger partial charge in [0.05, 0.1) is 6.16 Å². The second-order valence-corrected chi connectivity index (χ2v) is 2.51. The number of unbranched alkanes of at least 4 members (excludes halogenated alkanes) is 1. The first kappa shape index (κ1) is 8.91. The molecule has 52 valence electrons. The number of rotatable bonds is 4. The molecule has 9 heavy (non-hydrogen) atoms. The lowest BCUT2D eigenvalue weighted by Gasteiger charge is -1.78. The van der Waals surface area contributed by atoms with E-state index in [-0.39, 0.29) is 0 Å². The quantitative estimate of drug-likeness (QED) is 0.419. The van der Waals surface area contributed by atoms with Crippen LogP contribution in [0.5, 0.6) is 0 Å². The van der Waals surface area contributed by atoms with Crippen molar-refractivity contribution in [3.8, 4) is 0 Å². The molecule has 0 radical (unpaired) electrons. The van der Waals surface area contributed by atoms with Crippen molar-refractivity contribution in [3.63, 3.8) is 0 Å². The van der Waals surface area contributed by atoms with Crippen LogP contribution >= 0.6 is 9.24 Å². The molecule has 0 heterocycles. The van der Waals surface area contributed by atoms with Crippen molar-refractivity contribution in [1.82, 2.24) is 0 Å². The van der Waals surface area contributed by atoms with E-state index in [0.717, 1.165) is 6.16 Å². The van der Waals surface area contributed by atoms with E-state index >= 15 is 0 Å². The summed E-state index contributed by atoms with van der Waals surface area (Å²) in [5.41, 5.74) is 0. The van der Waals surface area contributed by atoms with Gasteiger partial charge in [0, 0.05) is 0 Å². The molecule has 1 heteroatoms. The molecule has 0 spiro atoms. The molecule has 0 bridgehead atoms. The number of hydrogen-bond donors (Lipinski definition) is 0. The molecular formula is C8H16P+. The highest BCUT2D eigenvalue weighted by Crippen LogP contribution is 1.89. The lowest BCUT2D eigenvalue weighted by molar-refractivity contribution is 0.959. The zero-order chi connectivity index (χ0) is 6.95. The predicted octanol–water partition coefficient (Wildman–Crippen LogP) is 2.51. The van der Waals surface area contributed by atoms with E-state index in [0.29, 0.717) is 0 Å². The molecule has 0 aliphatic carbocycles. The van der Waals surface area contributed by atoms with Gasteiger partial charge in [0.25, 0.3) is 0 Å². The van der Waals surface area contributed by atoms with Crippen LogP contribution in [0.1, 0.15) is 19.8 Å². The van der Waals surface area contributed by atoms with E-state index in [1.807, 2.05) is 9.24 Å². The van der Waals surface area contributed by atoms with Gasteiger partial charge in [-0.15, -0.1) is 0 Å². The molecule has 0 aromatic carbocycles. The first-order valence-corrected chi connectivity index (χ1v) is 4.52. The first-order chi connectivity index (χ1) is 4.41. The summed E-state index contributed by atoms with van der Waals surface area (Å²) in [5.74, 6) is 0. The second kappa shape index (κ2) is 7.91. The minimum atomic E-state index is 1.16. The maximum absolute atomic E-state index is 2.20. The van der Waals surface area contributed by atoms with Crippen molar-refractivity contribution in [2.45, 2.75) is 19.8 Å². The maximum atomic E-state index is 2.20. The van der Waals surface area contributed by atoms with Crippen LogP contribution in [0.4, 0.5) is 0 Å². The summed E-state index contributed by atoms with van der Waals surface area (Å²) in [6.45, 7) is 2.19. The molecule has 0 aromatic rings. The van der Waals surface area contributed by atoms with Crippen molar-refractivity contribution < 1.29 is 0 Å². The summed E-state index contributed by atoms with van der Waals surface area (Å²) in [5, 5.41) is 0. The summed E-state index contributed by atoms with van der Waals surface area (Å²) in [7, 11) is 1.97. The van der Waals surface area contributed by atoms with E-state index < -0.39 is 0 Å². The summed E-state index contributed by atoms with van der Waals surface area (Å²) in [4.78, 5) is 0. The van der Waals surface area contributed by atoms with Crippen LogP contribution in [0.2, 0.25) is 0 Å². The zero-order valence-electron chi connectivity index (χ0n) is 6.14. The Morgan fingerprint density at radius 1 is 1.22 bits per heavy atom. The average Bonchev–Trinajstić information content (AvgIpc) is 1.89. The van der Waals surface area contributed by atoms with E-state index in [1.54, 1.807) is 0 Å². The van der Waals surface area contributed by atoms with Crippen molar-refractivity contribution in [1.29, 1.82) is 0 Å². The first-order valence-electron chi connectivity index (χ1n) is 3.52. The average molecular weight is 143 g/mol. The van der Waals surface area contributed by atoms with Crippen LogP contribution in [-0.4, -0.2) is 6.16 Å². The summed E-state index contributed by atoms with van der Waals surface area (Å²) in [6.07, 6.45) is 12.2. The van der Waals surface area contributed by atoms with Gasteiger partial charge in [0.1, 0.15) is 0 Å². The molecule has 0 N–H and O–H groups in total. The van der Waals surface area contributed by atoms with Gasteiger partial charge in [-0.2, -0.15) is 0 Å². The van der Waals surface area contributed by atoms with Gasteiger partial charge in [-0.1, -0.05) is 31.6 Å². The molecule has 0 nitrogen and oxygen atoms in total. The van der Waals surface area contributed by atoms with E-state index in [2.05, 4.69) is 31.2 Å². The predicted molar refractivity (Wildman–Crippen MR) is 49.2 cm³/mol. The Balaban J connectivity index is 3.13. The SMILES string of the molecule is CCC/C=C/C=C/C[PH3+]. The molecule has 0 fully saturated rings. The van der Waals surface area contributed by atoms with Crippen LogP contribution in [0, 0.1) is 0 Å². The Hall–Kier alpha value is -0.0900. The van der Waals surface area contributed by atoms with Gasteiger partial charge in [-0.25, -0.2) is 0 Å². The Morgan fingerprint density at radius 3 is 2.44 bits per heavy atom. The molecule has 0 amide bonds. The smallest absolute Gasteiger partial charge is 0.0708 e. The molecular weight excluding hydrogens is 127 g/mol. The third-order valence-corrected chi connectivity index (χ3v) is 1.34. The lowest BCUT2D eigenvalue weighted by atomic mass is 10.3. The van der Waals surface area contributed by atoms with Crippen LogP contribution in [0.15, 0.2) is 24.3 Å². The number of hydrogen-bond acceptors (Lipinski definition) is 0. The van der Waals surface area contributed by atoms with Gasteiger partial charge in [0.15, 0.2) is 0 Å². The third-order valence-electron chi connectivity index (χ3n) is 1.01. The highest BCUT2D eigenvalue weighted by molar-refractivity contribution is 7.16. The maximum Gasteiger partial charge on any atom is 0.0708 e. The van der Waals surface area contributed by atoms with Crippen LogP contribution < -0.4 is 0 Å². The standard InChI is InChI=1S/C8H15P/c1-2-3-4-5-6-7-8-9/h4-7H,2-3,8-9H2,1H3/p+1/b5-4+,7-6+. The third kappa shape index (κ3) is 7.91. The van der Waals surface area contributed by atoms with Crippen molar-refractivity contribution in [2.24, 2.45) is 0 Å². The molecule has 0 saturated carbocycles. The van der Waals surface area contributed by atoms with E-state index in [1.165, 1.54) is 12.8 Å².